The Hall–Kier alpha value is -1.39. The minimum Gasteiger partial charge on any atom is -0.394 e. The van der Waals surface area contributed by atoms with E-state index in [4.69, 9.17) is 0 Å². The first-order chi connectivity index (χ1) is 8.65. The van der Waals surface area contributed by atoms with E-state index in [9.17, 15) is 9.90 Å². The molecule has 1 aliphatic rings. The van der Waals surface area contributed by atoms with Gasteiger partial charge in [-0.3, -0.25) is 4.79 Å². The van der Waals surface area contributed by atoms with Crippen molar-refractivity contribution in [1.82, 2.24) is 10.6 Å². The minimum atomic E-state index is -0.498. The third kappa shape index (κ3) is 2.71. The molecule has 1 saturated heterocycles. The van der Waals surface area contributed by atoms with Gasteiger partial charge in [-0.15, -0.1) is 0 Å². The number of nitrogens with one attached hydrogen (secondary N) is 2. The number of rotatable bonds is 4. The molecule has 0 aromatic heterocycles. The monoisotopic (exact) mass is 248 g/mol. The van der Waals surface area contributed by atoms with E-state index in [2.05, 4.69) is 10.6 Å². The Kier molecular flexibility index (Phi) is 3.99. The SMILES string of the molecule is CC1(C(=O)N[C@H](CO)c2ccccc2)CCCN1. The zero-order valence-electron chi connectivity index (χ0n) is 10.6. The molecule has 18 heavy (non-hydrogen) atoms. The fourth-order valence-electron chi connectivity index (χ4n) is 2.33. The summed E-state index contributed by atoms with van der Waals surface area (Å²) in [6.45, 7) is 2.69. The maximum atomic E-state index is 12.2. The van der Waals surface area contributed by atoms with Gasteiger partial charge in [0.2, 0.25) is 5.91 Å². The number of amides is 1. The Morgan fingerprint density at radius 3 is 2.78 bits per heavy atom. The number of aliphatic hydroxyl groups excluding tert-OH is 1. The van der Waals surface area contributed by atoms with Crippen LogP contribution < -0.4 is 10.6 Å². The molecule has 3 N–H and O–H groups in total. The standard InChI is InChI=1S/C14H20N2O2/c1-14(8-5-9-15-14)13(18)16-12(10-17)11-6-3-2-4-7-11/h2-4,6-7,12,15,17H,5,8-10H2,1H3,(H,16,18)/t12-,14?/m1/s1. The summed E-state index contributed by atoms with van der Waals surface area (Å²) in [4.78, 5) is 12.2. The lowest BCUT2D eigenvalue weighted by Crippen LogP contribution is -2.52. The van der Waals surface area contributed by atoms with Crippen molar-refractivity contribution in [3.8, 4) is 0 Å². The van der Waals surface area contributed by atoms with Crippen molar-refractivity contribution < 1.29 is 9.90 Å². The Morgan fingerprint density at radius 1 is 1.50 bits per heavy atom. The molecule has 1 amide bonds. The van der Waals surface area contributed by atoms with Crippen molar-refractivity contribution in [2.45, 2.75) is 31.3 Å². The van der Waals surface area contributed by atoms with Crippen LogP contribution in [0.1, 0.15) is 31.4 Å². The van der Waals surface area contributed by atoms with Crippen LogP contribution in [-0.4, -0.2) is 29.7 Å². The molecule has 2 atom stereocenters. The van der Waals surface area contributed by atoms with Gasteiger partial charge in [0.05, 0.1) is 18.2 Å². The number of carbonyl (C=O) groups excluding carboxylic acids is 1. The third-order valence-electron chi connectivity index (χ3n) is 3.56. The molecule has 98 valence electrons. The maximum absolute atomic E-state index is 12.2. The molecule has 1 fully saturated rings. The van der Waals surface area contributed by atoms with Crippen LogP contribution in [0.4, 0.5) is 0 Å². The first-order valence-corrected chi connectivity index (χ1v) is 6.37. The second-order valence-corrected chi connectivity index (χ2v) is 4.98. The number of carbonyl (C=O) groups is 1. The van der Waals surface area contributed by atoms with Crippen LogP contribution in [0.25, 0.3) is 0 Å². The van der Waals surface area contributed by atoms with Crippen LogP contribution in [0.3, 0.4) is 0 Å². The van der Waals surface area contributed by atoms with Crippen molar-refractivity contribution in [2.75, 3.05) is 13.2 Å². The molecule has 0 spiro atoms. The molecule has 0 aliphatic carbocycles. The summed E-state index contributed by atoms with van der Waals surface area (Å²) in [5, 5.41) is 15.6. The number of benzene rings is 1. The van der Waals surface area contributed by atoms with Crippen LogP contribution in [0.5, 0.6) is 0 Å². The van der Waals surface area contributed by atoms with E-state index in [1.165, 1.54) is 0 Å². The van der Waals surface area contributed by atoms with E-state index in [1.54, 1.807) is 0 Å². The third-order valence-corrected chi connectivity index (χ3v) is 3.56. The van der Waals surface area contributed by atoms with Crippen LogP contribution >= 0.6 is 0 Å². The van der Waals surface area contributed by atoms with Gasteiger partial charge in [0.1, 0.15) is 0 Å². The van der Waals surface area contributed by atoms with Gasteiger partial charge < -0.3 is 15.7 Å². The second kappa shape index (κ2) is 5.50. The average molecular weight is 248 g/mol. The van der Waals surface area contributed by atoms with Gasteiger partial charge >= 0.3 is 0 Å². The fourth-order valence-corrected chi connectivity index (χ4v) is 2.33. The van der Waals surface area contributed by atoms with Gasteiger partial charge in [-0.25, -0.2) is 0 Å². The summed E-state index contributed by atoms with van der Waals surface area (Å²) in [6, 6.07) is 9.20. The van der Waals surface area contributed by atoms with Crippen molar-refractivity contribution in [3.63, 3.8) is 0 Å². The smallest absolute Gasteiger partial charge is 0.240 e. The molecular formula is C14H20N2O2. The summed E-state index contributed by atoms with van der Waals surface area (Å²) in [6.07, 6.45) is 1.85. The lowest BCUT2D eigenvalue weighted by Gasteiger charge is -2.26. The quantitative estimate of drug-likeness (QED) is 0.744. The molecule has 1 aromatic rings. The normalized spacial score (nSPS) is 24.8. The topological polar surface area (TPSA) is 61.4 Å². The van der Waals surface area contributed by atoms with Gasteiger partial charge in [0.15, 0.2) is 0 Å². The predicted octanol–water partition coefficient (Wildman–Crippen LogP) is 0.978. The highest BCUT2D eigenvalue weighted by molar-refractivity contribution is 5.86. The summed E-state index contributed by atoms with van der Waals surface area (Å²) in [5.41, 5.74) is 0.428. The summed E-state index contributed by atoms with van der Waals surface area (Å²) in [5.74, 6) is -0.0390. The zero-order chi connectivity index (χ0) is 13.0. The molecule has 1 heterocycles. The summed E-state index contributed by atoms with van der Waals surface area (Å²) < 4.78 is 0. The lowest BCUT2D eigenvalue weighted by atomic mass is 9.98. The molecule has 4 heteroatoms. The van der Waals surface area contributed by atoms with Crippen molar-refractivity contribution in [2.24, 2.45) is 0 Å². The van der Waals surface area contributed by atoms with E-state index in [0.717, 1.165) is 24.9 Å². The lowest BCUT2D eigenvalue weighted by molar-refractivity contribution is -0.127. The number of hydrogen-bond donors (Lipinski definition) is 3. The predicted molar refractivity (Wildman–Crippen MR) is 70.1 cm³/mol. The average Bonchev–Trinajstić information content (AvgIpc) is 2.85. The molecule has 2 rings (SSSR count). The van der Waals surface area contributed by atoms with Crippen molar-refractivity contribution in [3.05, 3.63) is 35.9 Å². The van der Waals surface area contributed by atoms with Gasteiger partial charge in [-0.2, -0.15) is 0 Å². The van der Waals surface area contributed by atoms with Crippen LogP contribution in [0.2, 0.25) is 0 Å². The first-order valence-electron chi connectivity index (χ1n) is 6.37. The van der Waals surface area contributed by atoms with E-state index in [-0.39, 0.29) is 18.6 Å². The highest BCUT2D eigenvalue weighted by atomic mass is 16.3. The molecule has 0 bridgehead atoms. The van der Waals surface area contributed by atoms with Gasteiger partial charge in [-0.05, 0) is 31.9 Å². The number of aliphatic hydroxyl groups is 1. The van der Waals surface area contributed by atoms with Crippen LogP contribution in [0.15, 0.2) is 30.3 Å². The van der Waals surface area contributed by atoms with Crippen LogP contribution in [-0.2, 0) is 4.79 Å². The van der Waals surface area contributed by atoms with Crippen LogP contribution in [0, 0.1) is 0 Å². The van der Waals surface area contributed by atoms with Gasteiger partial charge in [0, 0.05) is 0 Å². The Bertz CT molecular complexity index is 400. The van der Waals surface area contributed by atoms with Gasteiger partial charge in [-0.1, -0.05) is 30.3 Å². The summed E-state index contributed by atoms with van der Waals surface area (Å²) >= 11 is 0. The first kappa shape index (κ1) is 13.1. The zero-order valence-corrected chi connectivity index (χ0v) is 10.6. The Balaban J connectivity index is 2.05. The van der Waals surface area contributed by atoms with Crippen molar-refractivity contribution in [1.29, 1.82) is 0 Å². The molecule has 0 radical (unpaired) electrons. The maximum Gasteiger partial charge on any atom is 0.240 e. The highest BCUT2D eigenvalue weighted by Gasteiger charge is 2.36. The van der Waals surface area contributed by atoms with Crippen molar-refractivity contribution >= 4 is 5.91 Å². The second-order valence-electron chi connectivity index (χ2n) is 4.98. The molecule has 1 unspecified atom stereocenters. The van der Waals surface area contributed by atoms with E-state index >= 15 is 0 Å². The molecule has 0 saturated carbocycles. The fraction of sp³-hybridized carbons (Fsp3) is 0.500. The largest absolute Gasteiger partial charge is 0.394 e. The molecule has 4 nitrogen and oxygen atoms in total. The Labute approximate surface area is 107 Å². The molecular weight excluding hydrogens is 228 g/mol. The summed E-state index contributed by atoms with van der Waals surface area (Å²) in [7, 11) is 0. The Morgan fingerprint density at radius 2 is 2.22 bits per heavy atom. The van der Waals surface area contributed by atoms with E-state index < -0.39 is 5.54 Å². The van der Waals surface area contributed by atoms with Gasteiger partial charge in [0.25, 0.3) is 0 Å². The van der Waals surface area contributed by atoms with E-state index in [1.807, 2.05) is 37.3 Å². The number of hydrogen-bond acceptors (Lipinski definition) is 3. The highest BCUT2D eigenvalue weighted by Crippen LogP contribution is 2.20. The minimum absolute atomic E-state index is 0.0390. The molecule has 1 aromatic carbocycles. The molecule has 1 aliphatic heterocycles. The van der Waals surface area contributed by atoms with E-state index in [0.29, 0.717) is 0 Å².